The fraction of sp³-hybridized carbons (Fsp3) is 0.469. The van der Waals surface area contributed by atoms with Gasteiger partial charge in [0.15, 0.2) is 0 Å². The lowest BCUT2D eigenvalue weighted by molar-refractivity contribution is -0.250. The number of allylic oxidation sites excluding steroid dienone is 1. The molecule has 3 heterocycles. The SMILES string of the molecule is C=CCOC12Oc3ccc(OCc4ccccc4F)cc3C3C(CCCCO)C(CCCCO)C=C(C(=NOC4CCCCO4)CC1N(C)S(=O)(=O)c1cccc4cccnc14)C32. The third-order valence-corrected chi connectivity index (χ3v) is 15.0. The fourth-order valence-electron chi connectivity index (χ4n) is 10.1. The summed E-state index contributed by atoms with van der Waals surface area (Å²) in [5.74, 6) is -1.97. The Morgan fingerprint density at radius 2 is 1.83 bits per heavy atom. The van der Waals surface area contributed by atoms with Gasteiger partial charge in [-0.2, -0.15) is 4.31 Å². The van der Waals surface area contributed by atoms with Crippen LogP contribution in [0, 0.1) is 23.6 Å². The average Bonchev–Trinajstić information content (AvgIpc) is 3.31. The number of sulfonamides is 1. The van der Waals surface area contributed by atoms with Gasteiger partial charge in [-0.25, -0.2) is 12.8 Å². The smallest absolute Gasteiger partial charge is 0.245 e. The number of halogens is 1. The Labute approximate surface area is 369 Å². The van der Waals surface area contributed by atoms with Crippen LogP contribution in [-0.4, -0.2) is 85.2 Å². The number of benzene rings is 3. The molecule has 4 aromatic rings. The minimum atomic E-state index is -4.30. The van der Waals surface area contributed by atoms with E-state index in [9.17, 15) is 14.6 Å². The lowest BCUT2D eigenvalue weighted by Crippen LogP contribution is -2.69. The summed E-state index contributed by atoms with van der Waals surface area (Å²) < 4.78 is 73.0. The summed E-state index contributed by atoms with van der Waals surface area (Å²) in [6, 6.07) is 19.8. The van der Waals surface area contributed by atoms with E-state index in [0.29, 0.717) is 59.5 Å². The number of nitrogens with zero attached hydrogens (tertiary/aromatic N) is 3. The number of para-hydroxylation sites is 1. The predicted molar refractivity (Wildman–Crippen MR) is 237 cm³/mol. The largest absolute Gasteiger partial charge is 0.489 e. The number of likely N-dealkylation sites (N-methyl/N-ethyl adjacent to an activating group) is 1. The maximum absolute atomic E-state index is 15.2. The standard InChI is InChI=1S/C49H58FN3O9S/c1-3-27-60-49-44(53(2)63(56,57)43-20-12-16-33-17-13-24-51-48(33)43)31-41(52-62-45-21-8-11-28-58-45)38-29-34(14-6-9-25-54)37(18-7-10-26-55)46(47(38)49)39-30-36(22-23-42(39)61-49)59-32-35-15-4-5-19-40(35)50/h3-5,12-13,15-17,19-20,22-24,29-30,34,37,44-47,54-55H,1,6-11,14,18,21,25-28,31-32H2,2H3. The zero-order valence-corrected chi connectivity index (χ0v) is 36.6. The van der Waals surface area contributed by atoms with Gasteiger partial charge in [-0.15, -0.1) is 6.58 Å². The number of hydrogen-bond donors (Lipinski definition) is 2. The normalized spacial score (nSPS) is 26.1. The van der Waals surface area contributed by atoms with Gasteiger partial charge in [0, 0.05) is 61.7 Å². The minimum Gasteiger partial charge on any atom is -0.489 e. The summed E-state index contributed by atoms with van der Waals surface area (Å²) in [5, 5.41) is 25.4. The molecule has 8 rings (SSSR count). The topological polar surface area (TPSA) is 149 Å². The molecule has 1 saturated heterocycles. The van der Waals surface area contributed by atoms with Crippen LogP contribution in [0.3, 0.4) is 0 Å². The van der Waals surface area contributed by atoms with Gasteiger partial charge >= 0.3 is 0 Å². The van der Waals surface area contributed by atoms with Gasteiger partial charge < -0.3 is 34.0 Å². The van der Waals surface area contributed by atoms with Crippen LogP contribution >= 0.6 is 0 Å². The highest BCUT2D eigenvalue weighted by Crippen LogP contribution is 2.62. The van der Waals surface area contributed by atoms with E-state index < -0.39 is 34.1 Å². The molecule has 14 heteroatoms. The number of fused-ring (bicyclic) bond motifs is 3. The molecule has 63 heavy (non-hydrogen) atoms. The maximum atomic E-state index is 15.2. The van der Waals surface area contributed by atoms with Gasteiger partial charge in [0.25, 0.3) is 0 Å². The van der Waals surface area contributed by atoms with E-state index >= 15 is 8.42 Å². The molecule has 7 atom stereocenters. The van der Waals surface area contributed by atoms with Gasteiger partial charge in [-0.05, 0) is 92.3 Å². The van der Waals surface area contributed by atoms with Gasteiger partial charge in [-0.3, -0.25) is 4.98 Å². The number of aliphatic hydroxyl groups excluding tert-OH is 2. The van der Waals surface area contributed by atoms with E-state index in [0.717, 1.165) is 49.7 Å². The number of unbranched alkanes of at least 4 members (excludes halogenated alkanes) is 2. The Hall–Kier alpha value is -4.70. The molecule has 2 aliphatic heterocycles. The molecule has 0 radical (unpaired) electrons. The Balaban J connectivity index is 1.32. The number of rotatable bonds is 19. The molecule has 1 saturated carbocycles. The second-order valence-electron chi connectivity index (χ2n) is 16.9. The van der Waals surface area contributed by atoms with Crippen LogP contribution in [0.15, 0.2) is 113 Å². The molecule has 7 unspecified atom stereocenters. The van der Waals surface area contributed by atoms with E-state index in [4.69, 9.17) is 28.9 Å². The molecule has 336 valence electrons. The van der Waals surface area contributed by atoms with E-state index in [1.165, 1.54) is 10.4 Å². The third kappa shape index (κ3) is 9.16. The molecule has 0 amide bonds. The van der Waals surface area contributed by atoms with Gasteiger partial charge in [0.1, 0.15) is 28.8 Å². The van der Waals surface area contributed by atoms with Crippen molar-refractivity contribution in [2.24, 2.45) is 22.9 Å². The van der Waals surface area contributed by atoms with Crippen molar-refractivity contribution in [1.82, 2.24) is 9.29 Å². The summed E-state index contributed by atoms with van der Waals surface area (Å²) in [6.07, 6.45) is 11.8. The highest BCUT2D eigenvalue weighted by Gasteiger charge is 2.66. The summed E-state index contributed by atoms with van der Waals surface area (Å²) in [7, 11) is -2.74. The summed E-state index contributed by atoms with van der Waals surface area (Å²) in [5.41, 5.74) is 3.01. The average molecular weight is 884 g/mol. The first kappa shape index (κ1) is 44.9. The highest BCUT2D eigenvalue weighted by molar-refractivity contribution is 7.89. The highest BCUT2D eigenvalue weighted by atomic mass is 32.2. The van der Waals surface area contributed by atoms with Crippen molar-refractivity contribution in [3.05, 3.63) is 120 Å². The first-order chi connectivity index (χ1) is 30.7. The van der Waals surface area contributed by atoms with Crippen LogP contribution in [-0.2, 0) is 30.9 Å². The lowest BCUT2D eigenvalue weighted by atomic mass is 9.55. The second kappa shape index (κ2) is 20.0. The summed E-state index contributed by atoms with van der Waals surface area (Å²) >= 11 is 0. The Morgan fingerprint density at radius 1 is 1.02 bits per heavy atom. The van der Waals surface area contributed by atoms with E-state index in [1.807, 2.05) is 24.3 Å². The van der Waals surface area contributed by atoms with Gasteiger partial charge in [-0.1, -0.05) is 66.5 Å². The third-order valence-electron chi connectivity index (χ3n) is 13.1. The fourth-order valence-corrected chi connectivity index (χ4v) is 11.6. The van der Waals surface area contributed by atoms with Crippen LogP contribution in [0.4, 0.5) is 4.39 Å². The van der Waals surface area contributed by atoms with E-state index in [-0.39, 0.29) is 61.3 Å². The molecule has 4 aliphatic rings. The van der Waals surface area contributed by atoms with Crippen LogP contribution in [0.1, 0.15) is 81.3 Å². The maximum Gasteiger partial charge on any atom is 0.245 e. The van der Waals surface area contributed by atoms with Crippen LogP contribution in [0.25, 0.3) is 10.9 Å². The molecule has 3 aromatic carbocycles. The molecule has 2 aliphatic carbocycles. The van der Waals surface area contributed by atoms with Crippen LogP contribution in [0.5, 0.6) is 11.5 Å². The van der Waals surface area contributed by atoms with Crippen molar-refractivity contribution in [3.8, 4) is 11.5 Å². The zero-order chi connectivity index (χ0) is 44.0. The van der Waals surface area contributed by atoms with Crippen molar-refractivity contribution < 1.29 is 46.8 Å². The molecule has 12 nitrogen and oxygen atoms in total. The molecule has 0 bridgehead atoms. The lowest BCUT2D eigenvalue weighted by Gasteiger charge is -2.59. The first-order valence-electron chi connectivity index (χ1n) is 22.2. The number of pyridine rings is 1. The summed E-state index contributed by atoms with van der Waals surface area (Å²) in [4.78, 5) is 10.8. The molecule has 1 aromatic heterocycles. The zero-order valence-electron chi connectivity index (χ0n) is 35.8. The van der Waals surface area contributed by atoms with E-state index in [2.05, 4.69) is 17.6 Å². The second-order valence-corrected chi connectivity index (χ2v) is 18.9. The Morgan fingerprint density at radius 3 is 2.60 bits per heavy atom. The van der Waals surface area contributed by atoms with Crippen molar-refractivity contribution >= 4 is 26.6 Å². The van der Waals surface area contributed by atoms with Crippen molar-refractivity contribution in [2.75, 3.05) is 33.5 Å². The molecule has 2 N–H and O–H groups in total. The van der Waals surface area contributed by atoms with Gasteiger partial charge in [0.2, 0.25) is 22.1 Å². The number of aromatic nitrogens is 1. The predicted octanol–water partition coefficient (Wildman–Crippen LogP) is 8.43. The Kier molecular flexibility index (Phi) is 14.2. The molecule has 2 fully saturated rings. The van der Waals surface area contributed by atoms with Crippen LogP contribution in [0.2, 0.25) is 0 Å². The molecule has 0 spiro atoms. The van der Waals surface area contributed by atoms with Gasteiger partial charge in [0.05, 0.1) is 36.4 Å². The number of oxime groups is 1. The Bertz CT molecular complexity index is 2400. The minimum absolute atomic E-state index is 0.00608. The number of hydrogen-bond acceptors (Lipinski definition) is 11. The van der Waals surface area contributed by atoms with Crippen molar-refractivity contribution in [1.29, 1.82) is 0 Å². The molecular weight excluding hydrogens is 826 g/mol. The van der Waals surface area contributed by atoms with E-state index in [1.54, 1.807) is 61.8 Å². The van der Waals surface area contributed by atoms with Crippen molar-refractivity contribution in [2.45, 2.75) is 99.7 Å². The summed E-state index contributed by atoms with van der Waals surface area (Å²) in [6.45, 7) is 4.71. The number of ether oxygens (including phenoxy) is 4. The quantitative estimate of drug-likeness (QED) is 0.0534. The first-order valence-corrected chi connectivity index (χ1v) is 23.7. The monoisotopic (exact) mass is 883 g/mol. The van der Waals surface area contributed by atoms with Crippen LogP contribution < -0.4 is 9.47 Å². The molecular formula is C49H58FN3O9S. The number of aliphatic hydroxyl groups is 2. The van der Waals surface area contributed by atoms with Crippen molar-refractivity contribution in [3.63, 3.8) is 0 Å².